The van der Waals surface area contributed by atoms with E-state index >= 15 is 0 Å². The van der Waals surface area contributed by atoms with E-state index in [4.69, 9.17) is 9.72 Å². The molecule has 1 aliphatic rings. The number of carbonyl (C=O) groups is 2. The first-order chi connectivity index (χ1) is 16.3. The Balaban J connectivity index is 1.48. The van der Waals surface area contributed by atoms with Crippen LogP contribution in [0, 0.1) is 5.92 Å². The lowest BCUT2D eigenvalue weighted by Gasteiger charge is -2.37. The molecule has 1 N–H and O–H groups in total. The van der Waals surface area contributed by atoms with E-state index in [1.807, 2.05) is 42.5 Å². The van der Waals surface area contributed by atoms with Crippen LogP contribution in [0.5, 0.6) is 5.75 Å². The van der Waals surface area contributed by atoms with Gasteiger partial charge in [-0.05, 0) is 62.1 Å². The molecule has 0 bridgehead atoms. The van der Waals surface area contributed by atoms with E-state index < -0.39 is 12.0 Å². The van der Waals surface area contributed by atoms with Gasteiger partial charge < -0.3 is 14.7 Å². The zero-order valence-electron chi connectivity index (χ0n) is 19.9. The number of nitrogens with zero attached hydrogens (tertiary/aromatic N) is 3. The van der Waals surface area contributed by atoms with Crippen molar-refractivity contribution in [2.75, 3.05) is 18.0 Å². The minimum atomic E-state index is -1.00. The van der Waals surface area contributed by atoms with E-state index in [1.165, 1.54) is 11.8 Å². The number of carboxylic acid groups (broad SMARTS) is 1. The standard InChI is InChI=1S/C27H31N3O4/c1-18(2)15-21-16-20(24-7-4-5-8-25(24)28-21)17-34-23-11-9-22(10-12-23)30-14-6-13-29(27(30)33)19(3)26(31)32/h4-5,7-12,16,18-19H,6,13-15,17H2,1-3H3,(H,31,32). The number of ether oxygens (including phenoxy) is 1. The molecule has 1 unspecified atom stereocenters. The first kappa shape index (κ1) is 23.5. The minimum Gasteiger partial charge on any atom is -0.489 e. The molecule has 1 atom stereocenters. The summed E-state index contributed by atoms with van der Waals surface area (Å²) in [6.07, 6.45) is 1.63. The van der Waals surface area contributed by atoms with Crippen molar-refractivity contribution in [2.24, 2.45) is 5.92 Å². The van der Waals surface area contributed by atoms with Gasteiger partial charge in [0.05, 0.1) is 5.52 Å². The van der Waals surface area contributed by atoms with Crippen molar-refractivity contribution < 1.29 is 19.4 Å². The maximum Gasteiger partial charge on any atom is 0.326 e. The average molecular weight is 462 g/mol. The summed E-state index contributed by atoms with van der Waals surface area (Å²) in [6.45, 7) is 7.33. The van der Waals surface area contributed by atoms with Crippen LogP contribution in [0.25, 0.3) is 10.9 Å². The second-order valence-corrected chi connectivity index (χ2v) is 9.17. The molecule has 2 aromatic carbocycles. The fraction of sp³-hybridized carbons (Fsp3) is 0.370. The topological polar surface area (TPSA) is 83.0 Å². The normalized spacial score (nSPS) is 15.1. The number of benzene rings is 2. The van der Waals surface area contributed by atoms with Crippen LogP contribution in [0.15, 0.2) is 54.6 Å². The molecule has 0 saturated carbocycles. The fourth-order valence-corrected chi connectivity index (χ4v) is 4.31. The highest BCUT2D eigenvalue weighted by Gasteiger charge is 2.32. The Kier molecular flexibility index (Phi) is 7.01. The van der Waals surface area contributed by atoms with Gasteiger partial charge in [0.2, 0.25) is 0 Å². The number of fused-ring (bicyclic) bond motifs is 1. The first-order valence-corrected chi connectivity index (χ1v) is 11.7. The van der Waals surface area contributed by atoms with Crippen molar-refractivity contribution in [2.45, 2.75) is 46.3 Å². The number of aliphatic carboxylic acids is 1. The third kappa shape index (κ3) is 5.14. The number of amides is 2. The Morgan fingerprint density at radius 3 is 2.53 bits per heavy atom. The first-order valence-electron chi connectivity index (χ1n) is 11.7. The molecule has 178 valence electrons. The third-order valence-corrected chi connectivity index (χ3v) is 6.10. The summed E-state index contributed by atoms with van der Waals surface area (Å²) >= 11 is 0. The van der Waals surface area contributed by atoms with Gasteiger partial charge in [-0.1, -0.05) is 32.0 Å². The molecular formula is C27H31N3O4. The van der Waals surface area contributed by atoms with E-state index in [9.17, 15) is 14.7 Å². The smallest absolute Gasteiger partial charge is 0.326 e. The molecule has 7 heteroatoms. The van der Waals surface area contributed by atoms with Crippen molar-refractivity contribution in [3.63, 3.8) is 0 Å². The van der Waals surface area contributed by atoms with Gasteiger partial charge in [-0.25, -0.2) is 9.59 Å². The summed E-state index contributed by atoms with van der Waals surface area (Å²) in [5, 5.41) is 10.4. The lowest BCUT2D eigenvalue weighted by molar-refractivity contribution is -0.141. The van der Waals surface area contributed by atoms with Crippen molar-refractivity contribution in [1.29, 1.82) is 0 Å². The van der Waals surface area contributed by atoms with Crippen molar-refractivity contribution in [1.82, 2.24) is 9.88 Å². The maximum atomic E-state index is 12.9. The molecule has 1 saturated heterocycles. The van der Waals surface area contributed by atoms with E-state index in [2.05, 4.69) is 26.0 Å². The lowest BCUT2D eigenvalue weighted by atomic mass is 10.0. The third-order valence-electron chi connectivity index (χ3n) is 6.10. The molecule has 3 aromatic rings. The Morgan fingerprint density at radius 2 is 1.82 bits per heavy atom. The molecule has 34 heavy (non-hydrogen) atoms. The van der Waals surface area contributed by atoms with Crippen LogP contribution >= 0.6 is 0 Å². The number of urea groups is 1. The number of hydrogen-bond acceptors (Lipinski definition) is 4. The van der Waals surface area contributed by atoms with Crippen molar-refractivity contribution in [3.8, 4) is 5.75 Å². The van der Waals surface area contributed by atoms with Crippen LogP contribution in [-0.4, -0.2) is 46.1 Å². The Labute approximate surface area is 200 Å². The molecule has 0 spiro atoms. The second-order valence-electron chi connectivity index (χ2n) is 9.17. The molecule has 0 aliphatic carbocycles. The van der Waals surface area contributed by atoms with Crippen LogP contribution in [0.3, 0.4) is 0 Å². The number of para-hydroxylation sites is 1. The molecular weight excluding hydrogens is 430 g/mol. The van der Waals surface area contributed by atoms with E-state index in [1.54, 1.807) is 4.90 Å². The monoisotopic (exact) mass is 461 g/mol. The maximum absolute atomic E-state index is 12.9. The largest absolute Gasteiger partial charge is 0.489 e. The number of pyridine rings is 1. The highest BCUT2D eigenvalue weighted by atomic mass is 16.5. The molecule has 7 nitrogen and oxygen atoms in total. The number of hydrogen-bond donors (Lipinski definition) is 1. The summed E-state index contributed by atoms with van der Waals surface area (Å²) in [6, 6.07) is 16.5. The number of anilines is 1. The number of aromatic nitrogens is 1. The van der Waals surface area contributed by atoms with Crippen LogP contribution in [0.2, 0.25) is 0 Å². The zero-order valence-corrected chi connectivity index (χ0v) is 19.9. The highest BCUT2D eigenvalue weighted by Crippen LogP contribution is 2.26. The Hall–Kier alpha value is -3.61. The van der Waals surface area contributed by atoms with E-state index in [0.717, 1.165) is 40.7 Å². The second kappa shape index (κ2) is 10.1. The minimum absolute atomic E-state index is 0.282. The quantitative estimate of drug-likeness (QED) is 0.504. The molecule has 1 fully saturated rings. The summed E-state index contributed by atoms with van der Waals surface area (Å²) in [7, 11) is 0. The van der Waals surface area contributed by atoms with Crippen molar-refractivity contribution in [3.05, 3.63) is 65.9 Å². The molecule has 0 radical (unpaired) electrons. The summed E-state index contributed by atoms with van der Waals surface area (Å²) < 4.78 is 6.10. The zero-order chi connectivity index (χ0) is 24.2. The number of carboxylic acids is 1. The summed E-state index contributed by atoms with van der Waals surface area (Å²) in [4.78, 5) is 32.0. The molecule has 1 aliphatic heterocycles. The number of carbonyl (C=O) groups excluding carboxylic acids is 1. The summed E-state index contributed by atoms with van der Waals surface area (Å²) in [5.74, 6) is 0.219. The average Bonchev–Trinajstić information content (AvgIpc) is 2.82. The van der Waals surface area contributed by atoms with Crippen LogP contribution in [-0.2, 0) is 17.8 Å². The van der Waals surface area contributed by atoms with E-state index in [0.29, 0.717) is 31.4 Å². The Bertz CT molecular complexity index is 1180. The molecule has 2 heterocycles. The Morgan fingerprint density at radius 1 is 1.09 bits per heavy atom. The van der Waals surface area contributed by atoms with Gasteiger partial charge in [0.25, 0.3) is 0 Å². The van der Waals surface area contributed by atoms with Crippen LogP contribution in [0.4, 0.5) is 10.5 Å². The van der Waals surface area contributed by atoms with Crippen LogP contribution < -0.4 is 9.64 Å². The van der Waals surface area contributed by atoms with Crippen molar-refractivity contribution >= 4 is 28.6 Å². The van der Waals surface area contributed by atoms with Gasteiger partial charge in [-0.2, -0.15) is 0 Å². The molecule has 1 aromatic heterocycles. The van der Waals surface area contributed by atoms with Gasteiger partial charge in [0.1, 0.15) is 18.4 Å². The molecule has 4 rings (SSSR count). The predicted molar refractivity (Wildman–Crippen MR) is 132 cm³/mol. The van der Waals surface area contributed by atoms with Gasteiger partial charge in [-0.3, -0.25) is 9.88 Å². The van der Waals surface area contributed by atoms with Gasteiger partial charge >= 0.3 is 12.0 Å². The predicted octanol–water partition coefficient (Wildman–Crippen LogP) is 5.12. The van der Waals surface area contributed by atoms with Gasteiger partial charge in [0.15, 0.2) is 0 Å². The molecule has 2 amide bonds. The fourth-order valence-electron chi connectivity index (χ4n) is 4.31. The lowest BCUT2D eigenvalue weighted by Crippen LogP contribution is -2.54. The van der Waals surface area contributed by atoms with Gasteiger partial charge in [-0.15, -0.1) is 0 Å². The van der Waals surface area contributed by atoms with Gasteiger partial charge in [0, 0.05) is 35.4 Å². The summed E-state index contributed by atoms with van der Waals surface area (Å²) in [5.41, 5.74) is 3.85. The SMILES string of the molecule is CC(C)Cc1cc(COc2ccc(N3CCCN(C(C)C(=O)O)C3=O)cc2)c2ccccc2n1. The highest BCUT2D eigenvalue weighted by molar-refractivity contribution is 5.95. The number of rotatable bonds is 8. The van der Waals surface area contributed by atoms with E-state index in [-0.39, 0.29) is 6.03 Å². The van der Waals surface area contributed by atoms with Crippen LogP contribution in [0.1, 0.15) is 38.4 Å².